The Balaban J connectivity index is 2.23. The van der Waals surface area contributed by atoms with Crippen molar-refractivity contribution in [3.63, 3.8) is 0 Å². The lowest BCUT2D eigenvalue weighted by molar-refractivity contribution is 0.0976. The molecule has 0 aliphatic heterocycles. The quantitative estimate of drug-likeness (QED) is 0.670. The number of ether oxygens (including phenoxy) is 3. The molecule has 0 bridgehead atoms. The minimum Gasteiger partial charge on any atom is -0.493 e. The molecule has 0 fully saturated rings. The Kier molecular flexibility index (Phi) is 3.54. The summed E-state index contributed by atoms with van der Waals surface area (Å²) in [5.41, 5.74) is 0.276. The molecule has 142 valence electrons. The Morgan fingerprint density at radius 3 is 2.73 bits per heavy atom. The topological polar surface area (TPSA) is 47.9 Å². The predicted octanol–water partition coefficient (Wildman–Crippen LogP) is 4.47. The lowest BCUT2D eigenvalue weighted by atomic mass is 10.0. The van der Waals surface area contributed by atoms with Crippen molar-refractivity contribution in [3.05, 3.63) is 52.9 Å². The van der Waals surface area contributed by atoms with Crippen molar-refractivity contribution in [3.8, 4) is 17.2 Å². The summed E-state index contributed by atoms with van der Waals surface area (Å²) in [5.74, 6) is -1.44. The number of hydrogen-bond acceptors (Lipinski definition) is 4. The summed E-state index contributed by atoms with van der Waals surface area (Å²) in [4.78, 5) is 0. The summed E-state index contributed by atoms with van der Waals surface area (Å²) in [6.45, 7) is 2.52. The van der Waals surface area contributed by atoms with Gasteiger partial charge in [0.25, 0.3) is 0 Å². The molecule has 0 aliphatic carbocycles. The predicted molar refractivity (Wildman–Crippen MR) is 105 cm³/mol. The van der Waals surface area contributed by atoms with E-state index in [1.165, 1.54) is 0 Å². The Morgan fingerprint density at radius 1 is 1.12 bits per heavy atom. The minimum atomic E-state index is -3.03. The second-order valence-electron chi connectivity index (χ2n) is 5.55. The van der Waals surface area contributed by atoms with E-state index in [0.717, 1.165) is 7.11 Å². The number of rotatable bonds is 10. The molecule has 0 saturated heterocycles. The molecule has 2 aromatic rings. The minimum absolute atomic E-state index is 0.136. The van der Waals surface area contributed by atoms with Gasteiger partial charge in [-0.2, -0.15) is 0 Å². The van der Waals surface area contributed by atoms with E-state index in [1.54, 1.807) is 13.8 Å². The van der Waals surface area contributed by atoms with Crippen molar-refractivity contribution >= 4 is 0 Å². The van der Waals surface area contributed by atoms with Gasteiger partial charge in [-0.05, 0) is 73.9 Å². The maximum atomic E-state index is 10.5. The third-order valence-electron chi connectivity index (χ3n) is 3.61. The number of methoxy groups -OCH3 is 2. The second kappa shape index (κ2) is 10.1. The highest BCUT2D eigenvalue weighted by atomic mass is 16.5. The summed E-state index contributed by atoms with van der Waals surface area (Å²) in [5, 5.41) is 10.5. The zero-order valence-corrected chi connectivity index (χ0v) is 15.0. The molecule has 4 nitrogen and oxygen atoms in total. The fourth-order valence-electron chi connectivity index (χ4n) is 2.03. The number of hydrogen-bond donors (Lipinski definition) is 1. The monoisotopic (exact) mass is 370 g/mol. The van der Waals surface area contributed by atoms with Gasteiger partial charge in [-0.3, -0.25) is 0 Å². The van der Waals surface area contributed by atoms with E-state index in [4.69, 9.17) is 30.7 Å². The van der Waals surface area contributed by atoms with Crippen LogP contribution in [0.25, 0.3) is 0 Å². The van der Waals surface area contributed by atoms with E-state index < -0.39 is 67.7 Å². The summed E-state index contributed by atoms with van der Waals surface area (Å²) in [6.07, 6.45) is -5.62. The number of aliphatic hydroxyl groups is 1. The van der Waals surface area contributed by atoms with Crippen molar-refractivity contribution in [1.82, 2.24) is 0 Å². The van der Waals surface area contributed by atoms with Gasteiger partial charge >= 0.3 is 0 Å². The van der Waals surface area contributed by atoms with Gasteiger partial charge in [-0.1, -0.05) is 18.5 Å². The van der Waals surface area contributed by atoms with Crippen molar-refractivity contribution in [2.45, 2.75) is 45.6 Å². The largest absolute Gasteiger partial charge is 0.493 e. The van der Waals surface area contributed by atoms with Crippen LogP contribution in [-0.4, -0.2) is 31.9 Å². The lowest BCUT2D eigenvalue weighted by Gasteiger charge is -2.13. The average Bonchev–Trinajstić information content (AvgIpc) is 2.79. The van der Waals surface area contributed by atoms with Gasteiger partial charge in [-0.25, -0.2) is 0 Å². The van der Waals surface area contributed by atoms with Crippen LogP contribution in [0.1, 0.15) is 52.4 Å². The summed E-state index contributed by atoms with van der Waals surface area (Å²) in [7, 11) is -1.93. The van der Waals surface area contributed by atoms with Crippen LogP contribution in [0.2, 0.25) is 0 Å². The van der Waals surface area contributed by atoms with Crippen LogP contribution in [0.15, 0.2) is 36.3 Å². The molecule has 2 aromatic carbocycles. The van der Waals surface area contributed by atoms with Gasteiger partial charge in [-0.15, -0.1) is 0 Å². The normalized spacial score (nSPS) is 20.8. The first-order chi connectivity index (χ1) is 17.3. The molecule has 0 aliphatic rings. The zero-order valence-electron chi connectivity index (χ0n) is 27.0. The van der Waals surface area contributed by atoms with Crippen LogP contribution in [0.4, 0.5) is 0 Å². The zero-order chi connectivity index (χ0) is 29.4. The standard InChI is InChI=1S/C22H30O4/c1-16-9-11-20(13-17(16)2)26-15-19(23)8-6-5-7-18-10-12-21(24-3)22(14-18)25-4/h9-14,19,23H,5-8,15H2,1-4H3/i4D3,7D2,9D,10D,11D,12D,13D,14D,19D. The maximum Gasteiger partial charge on any atom is 0.160 e. The third kappa shape index (κ3) is 5.95. The highest BCUT2D eigenvalue weighted by Gasteiger charge is 2.07. The molecule has 0 saturated carbocycles. The van der Waals surface area contributed by atoms with Crippen molar-refractivity contribution < 1.29 is 35.8 Å². The van der Waals surface area contributed by atoms with E-state index in [1.807, 2.05) is 0 Å². The van der Waals surface area contributed by atoms with Gasteiger partial charge in [0.05, 0.1) is 33.9 Å². The molecule has 2 rings (SSSR count). The Hall–Kier alpha value is -2.20. The number of benzene rings is 2. The van der Waals surface area contributed by atoms with E-state index in [9.17, 15) is 5.11 Å². The van der Waals surface area contributed by atoms with E-state index in [2.05, 4.69) is 0 Å². The van der Waals surface area contributed by atoms with Crippen LogP contribution in [0, 0.1) is 13.8 Å². The van der Waals surface area contributed by atoms with Crippen molar-refractivity contribution in [1.29, 1.82) is 0 Å². The Bertz CT molecular complexity index is 1170. The summed E-state index contributed by atoms with van der Waals surface area (Å²) >= 11 is 0. The van der Waals surface area contributed by atoms with E-state index >= 15 is 0 Å². The second-order valence-corrected chi connectivity index (χ2v) is 5.55. The van der Waals surface area contributed by atoms with Crippen molar-refractivity contribution in [2.75, 3.05) is 20.8 Å². The molecular weight excluding hydrogens is 328 g/mol. The first kappa shape index (κ1) is 9.14. The maximum absolute atomic E-state index is 10.5. The van der Waals surface area contributed by atoms with Gasteiger partial charge < -0.3 is 19.3 Å². The highest BCUT2D eigenvalue weighted by molar-refractivity contribution is 5.42. The van der Waals surface area contributed by atoms with Crippen LogP contribution < -0.4 is 14.2 Å². The van der Waals surface area contributed by atoms with Crippen molar-refractivity contribution in [2.24, 2.45) is 0 Å². The molecule has 1 unspecified atom stereocenters. The van der Waals surface area contributed by atoms with Gasteiger partial charge in [0.2, 0.25) is 0 Å². The average molecular weight is 371 g/mol. The van der Waals surface area contributed by atoms with Crippen LogP contribution in [0.5, 0.6) is 17.2 Å². The van der Waals surface area contributed by atoms with Crippen LogP contribution in [-0.2, 0) is 6.37 Å². The lowest BCUT2D eigenvalue weighted by Crippen LogP contribution is -2.17. The van der Waals surface area contributed by atoms with Gasteiger partial charge in [0, 0.05) is 2.74 Å². The highest BCUT2D eigenvalue weighted by Crippen LogP contribution is 2.28. The molecule has 1 atom stereocenters. The Morgan fingerprint density at radius 2 is 1.96 bits per heavy atom. The first-order valence-electron chi connectivity index (χ1n) is 14.0. The van der Waals surface area contributed by atoms with E-state index in [0.29, 0.717) is 11.1 Å². The summed E-state index contributed by atoms with van der Waals surface area (Å²) in [6, 6.07) is -2.74. The molecule has 0 heterocycles. The summed E-state index contributed by atoms with van der Waals surface area (Å²) < 4.78 is 111. The van der Waals surface area contributed by atoms with E-state index in [-0.39, 0.29) is 36.7 Å². The molecule has 0 amide bonds. The smallest absolute Gasteiger partial charge is 0.160 e. The van der Waals surface area contributed by atoms with Crippen LogP contribution >= 0.6 is 0 Å². The molecule has 4 heteroatoms. The van der Waals surface area contributed by atoms with Gasteiger partial charge in [0.15, 0.2) is 11.5 Å². The molecule has 0 radical (unpaired) electrons. The Labute approximate surface area is 173 Å². The molecular formula is C22H30O4. The first-order valence-corrected chi connectivity index (χ1v) is 8.05. The fourth-order valence-corrected chi connectivity index (χ4v) is 2.03. The molecule has 0 aromatic heterocycles. The fraction of sp³-hybridized carbons (Fsp3) is 0.455. The van der Waals surface area contributed by atoms with Gasteiger partial charge in [0.1, 0.15) is 12.4 Å². The SMILES string of the molecule is [2H]c1c([2H])c(OCC([2H])(O)CCCC([2H])([2H])c2c([2H])c([2H])c(OC)c(OC([2H])([2H])[2H])c2[2H])c([2H])c(C)c1C. The third-order valence-corrected chi connectivity index (χ3v) is 3.61. The molecule has 0 spiro atoms. The molecule has 1 N–H and O–H groups in total. The van der Waals surface area contributed by atoms with Crippen LogP contribution in [0.3, 0.4) is 0 Å². The molecule has 26 heavy (non-hydrogen) atoms.